The predicted molar refractivity (Wildman–Crippen MR) is 114 cm³/mol. The number of rotatable bonds is 8. The Hall–Kier alpha value is -2.64. The molecule has 0 aromatic heterocycles. The second kappa shape index (κ2) is 9.66. The Morgan fingerprint density at radius 1 is 1.10 bits per heavy atom. The fraction of sp³-hybridized carbons (Fsp3) is 0.652. The third kappa shape index (κ3) is 6.18. The number of carbonyl (C=O) groups is 2. The summed E-state index contributed by atoms with van der Waals surface area (Å²) in [6.45, 7) is 5.34. The molecule has 0 unspecified atom stereocenters. The van der Waals surface area contributed by atoms with E-state index in [2.05, 4.69) is 5.32 Å². The molecule has 31 heavy (non-hydrogen) atoms. The van der Waals surface area contributed by atoms with Crippen LogP contribution in [-0.2, 0) is 20.9 Å². The SMILES string of the molecule is CC(C)(C)OC(=O)N[C@H](C(=O)OCc1ccc([N+](=O)[O-])cc1)C(C1CCC1)C1CCC1. The van der Waals surface area contributed by atoms with Gasteiger partial charge in [-0.2, -0.15) is 0 Å². The standard InChI is InChI=1S/C23H32N2O6/c1-23(2,3)31-22(27)24-20(19(16-6-4-7-16)17-8-5-9-17)21(26)30-14-15-10-12-18(13-11-15)25(28)29/h10-13,16-17,19-20H,4-9,14H2,1-3H3,(H,24,27)/t20-/m0/s1. The van der Waals surface area contributed by atoms with Gasteiger partial charge >= 0.3 is 12.1 Å². The third-order valence-corrected chi connectivity index (χ3v) is 6.23. The molecule has 1 N–H and O–H groups in total. The summed E-state index contributed by atoms with van der Waals surface area (Å²) in [4.78, 5) is 36.0. The lowest BCUT2D eigenvalue weighted by Gasteiger charge is -2.45. The normalized spacial score (nSPS) is 17.9. The van der Waals surface area contributed by atoms with E-state index < -0.39 is 28.6 Å². The van der Waals surface area contributed by atoms with Crippen molar-refractivity contribution in [3.05, 3.63) is 39.9 Å². The average molecular weight is 433 g/mol. The Labute approximate surface area is 182 Å². The third-order valence-electron chi connectivity index (χ3n) is 6.23. The maximum absolute atomic E-state index is 13.1. The fourth-order valence-corrected chi connectivity index (χ4v) is 4.28. The molecule has 0 saturated heterocycles. The first-order valence-corrected chi connectivity index (χ1v) is 11.0. The van der Waals surface area contributed by atoms with E-state index in [1.165, 1.54) is 12.1 Å². The number of non-ortho nitro benzene ring substituents is 1. The van der Waals surface area contributed by atoms with Crippen molar-refractivity contribution in [3.8, 4) is 0 Å². The van der Waals surface area contributed by atoms with Gasteiger partial charge in [-0.25, -0.2) is 9.59 Å². The summed E-state index contributed by atoms with van der Waals surface area (Å²) in [5.41, 5.74) is -0.0342. The summed E-state index contributed by atoms with van der Waals surface area (Å²) >= 11 is 0. The molecular formula is C23H32N2O6. The molecule has 2 aliphatic carbocycles. The quantitative estimate of drug-likeness (QED) is 0.361. The van der Waals surface area contributed by atoms with E-state index in [4.69, 9.17) is 9.47 Å². The highest BCUT2D eigenvalue weighted by molar-refractivity contribution is 5.82. The Kier molecular flexibility index (Phi) is 7.18. The molecule has 1 aromatic carbocycles. The van der Waals surface area contributed by atoms with Crippen LogP contribution in [0.2, 0.25) is 0 Å². The number of nitro benzene ring substituents is 1. The smallest absolute Gasteiger partial charge is 0.408 e. The van der Waals surface area contributed by atoms with Crippen molar-refractivity contribution in [2.75, 3.05) is 0 Å². The first kappa shape index (κ1) is 23.0. The molecule has 8 heteroatoms. The molecule has 2 aliphatic rings. The summed E-state index contributed by atoms with van der Waals surface area (Å²) in [6.07, 6.45) is 5.91. The van der Waals surface area contributed by atoms with Gasteiger partial charge in [0.1, 0.15) is 18.2 Å². The monoisotopic (exact) mass is 432 g/mol. The minimum Gasteiger partial charge on any atom is -0.459 e. The van der Waals surface area contributed by atoms with Gasteiger partial charge in [-0.3, -0.25) is 10.1 Å². The number of nitrogens with one attached hydrogen (secondary N) is 1. The maximum atomic E-state index is 13.1. The number of ether oxygens (including phenoxy) is 2. The number of amides is 1. The number of nitro groups is 1. The van der Waals surface area contributed by atoms with E-state index in [9.17, 15) is 19.7 Å². The van der Waals surface area contributed by atoms with Crippen LogP contribution in [-0.4, -0.2) is 28.6 Å². The molecule has 2 saturated carbocycles. The minimum absolute atomic E-state index is 0.00855. The van der Waals surface area contributed by atoms with E-state index in [1.54, 1.807) is 32.9 Å². The molecule has 0 aliphatic heterocycles. The molecule has 1 atom stereocenters. The lowest BCUT2D eigenvalue weighted by molar-refractivity contribution is -0.384. The highest BCUT2D eigenvalue weighted by atomic mass is 16.6. The van der Waals surface area contributed by atoms with Crippen LogP contribution >= 0.6 is 0 Å². The molecule has 8 nitrogen and oxygen atoms in total. The number of benzene rings is 1. The summed E-state index contributed by atoms with van der Waals surface area (Å²) in [6, 6.07) is 5.13. The van der Waals surface area contributed by atoms with Crippen LogP contribution < -0.4 is 5.32 Å². The number of hydrogen-bond acceptors (Lipinski definition) is 6. The fourth-order valence-electron chi connectivity index (χ4n) is 4.28. The van der Waals surface area contributed by atoms with E-state index >= 15 is 0 Å². The molecule has 0 heterocycles. The summed E-state index contributed by atoms with van der Waals surface area (Å²) in [7, 11) is 0. The number of carbonyl (C=O) groups excluding carboxylic acids is 2. The highest BCUT2D eigenvalue weighted by Gasteiger charge is 2.45. The Morgan fingerprint density at radius 2 is 1.65 bits per heavy atom. The van der Waals surface area contributed by atoms with Crippen molar-refractivity contribution in [2.24, 2.45) is 17.8 Å². The van der Waals surface area contributed by atoms with E-state index in [0.29, 0.717) is 17.4 Å². The topological polar surface area (TPSA) is 108 Å². The van der Waals surface area contributed by atoms with Crippen LogP contribution in [0.1, 0.15) is 64.9 Å². The van der Waals surface area contributed by atoms with Gasteiger partial charge in [0.15, 0.2) is 0 Å². The molecule has 0 radical (unpaired) electrons. The van der Waals surface area contributed by atoms with Crippen molar-refractivity contribution in [1.82, 2.24) is 5.32 Å². The van der Waals surface area contributed by atoms with Crippen molar-refractivity contribution >= 4 is 17.7 Å². The van der Waals surface area contributed by atoms with Crippen molar-refractivity contribution < 1.29 is 24.0 Å². The summed E-state index contributed by atoms with van der Waals surface area (Å²) < 4.78 is 11.0. The number of nitrogens with zero attached hydrogens (tertiary/aromatic N) is 1. The largest absolute Gasteiger partial charge is 0.459 e. The van der Waals surface area contributed by atoms with Crippen molar-refractivity contribution in [1.29, 1.82) is 0 Å². The van der Waals surface area contributed by atoms with Gasteiger partial charge in [-0.15, -0.1) is 0 Å². The Balaban J connectivity index is 1.71. The lowest BCUT2D eigenvalue weighted by Crippen LogP contribution is -2.54. The Bertz CT molecular complexity index is 779. The van der Waals surface area contributed by atoms with E-state index in [1.807, 2.05) is 0 Å². The predicted octanol–water partition coefficient (Wildman–Crippen LogP) is 4.75. The first-order chi connectivity index (χ1) is 14.6. The molecule has 2 fully saturated rings. The van der Waals surface area contributed by atoms with Crippen molar-refractivity contribution in [3.63, 3.8) is 0 Å². The Morgan fingerprint density at radius 3 is 2.06 bits per heavy atom. The molecule has 0 spiro atoms. The van der Waals surface area contributed by atoms with Crippen LogP contribution in [0.25, 0.3) is 0 Å². The highest BCUT2D eigenvalue weighted by Crippen LogP contribution is 2.46. The molecule has 0 bridgehead atoms. The molecule has 1 amide bonds. The van der Waals surface area contributed by atoms with Gasteiger partial charge in [-0.1, -0.05) is 38.5 Å². The zero-order chi connectivity index (χ0) is 22.6. The van der Waals surface area contributed by atoms with Gasteiger partial charge in [0, 0.05) is 12.1 Å². The molecule has 170 valence electrons. The number of hydrogen-bond donors (Lipinski definition) is 1. The first-order valence-electron chi connectivity index (χ1n) is 11.0. The minimum atomic E-state index is -0.761. The van der Waals surface area contributed by atoms with Crippen LogP contribution in [0, 0.1) is 27.9 Å². The zero-order valence-electron chi connectivity index (χ0n) is 18.5. The number of alkyl carbamates (subject to hydrolysis) is 1. The van der Waals surface area contributed by atoms with Crippen LogP contribution in [0.4, 0.5) is 10.5 Å². The van der Waals surface area contributed by atoms with E-state index in [-0.39, 0.29) is 18.2 Å². The van der Waals surface area contributed by atoms with E-state index in [0.717, 1.165) is 38.5 Å². The second-order valence-electron chi connectivity index (χ2n) is 9.61. The van der Waals surface area contributed by atoms with Crippen LogP contribution in [0.5, 0.6) is 0 Å². The molecular weight excluding hydrogens is 400 g/mol. The van der Waals surface area contributed by atoms with Gasteiger partial charge in [0.25, 0.3) is 5.69 Å². The zero-order valence-corrected chi connectivity index (χ0v) is 18.5. The second-order valence-corrected chi connectivity index (χ2v) is 9.61. The molecule has 1 aromatic rings. The van der Waals surface area contributed by atoms with Crippen LogP contribution in [0.3, 0.4) is 0 Å². The summed E-state index contributed by atoms with van der Waals surface area (Å²) in [5, 5.41) is 13.6. The van der Waals surface area contributed by atoms with Gasteiger partial charge in [0.2, 0.25) is 0 Å². The van der Waals surface area contributed by atoms with Crippen molar-refractivity contribution in [2.45, 2.75) is 77.5 Å². The molecule has 3 rings (SSSR count). The van der Waals surface area contributed by atoms with Gasteiger partial charge in [0.05, 0.1) is 4.92 Å². The van der Waals surface area contributed by atoms with Crippen LogP contribution in [0.15, 0.2) is 24.3 Å². The average Bonchev–Trinajstić information content (AvgIpc) is 2.59. The summed E-state index contributed by atoms with van der Waals surface area (Å²) in [5.74, 6) is 0.363. The van der Waals surface area contributed by atoms with Gasteiger partial charge in [-0.05, 0) is 56.2 Å². The number of esters is 1. The lowest BCUT2D eigenvalue weighted by atomic mass is 9.62. The van der Waals surface area contributed by atoms with Gasteiger partial charge < -0.3 is 14.8 Å². The maximum Gasteiger partial charge on any atom is 0.408 e.